The Bertz CT molecular complexity index is 573. The maximum Gasteiger partial charge on any atom is 0.573 e. The molecule has 0 saturated heterocycles. The number of ether oxygens (including phenoxy) is 1. The minimum atomic E-state index is -5.51. The van der Waals surface area contributed by atoms with Gasteiger partial charge in [0.15, 0.2) is 11.3 Å². The van der Waals surface area contributed by atoms with E-state index in [-0.39, 0.29) is 0 Å². The monoisotopic (exact) mass is 305 g/mol. The normalized spacial score (nSPS) is 12.3. The first-order valence-corrected chi connectivity index (χ1v) is 4.71. The fraction of sp³-hybridized carbons (Fsp3) is 0.333. The molecule has 0 atom stereocenters. The average Bonchev–Trinajstić information content (AvgIpc) is 2.17. The van der Waals surface area contributed by atoms with Crippen molar-refractivity contribution in [3.8, 4) is 5.75 Å². The summed E-state index contributed by atoms with van der Waals surface area (Å²) in [6.45, 7) is 0. The van der Waals surface area contributed by atoms with Crippen LogP contribution in [0.1, 0.15) is 11.1 Å². The van der Waals surface area contributed by atoms with E-state index in [4.69, 9.17) is 5.11 Å². The van der Waals surface area contributed by atoms with Crippen molar-refractivity contribution in [2.45, 2.75) is 19.0 Å². The van der Waals surface area contributed by atoms with Gasteiger partial charge in [0.25, 0.3) is 5.56 Å². The third-order valence-electron chi connectivity index (χ3n) is 1.97. The van der Waals surface area contributed by atoms with Crippen LogP contribution >= 0.6 is 0 Å². The molecule has 11 heteroatoms. The number of aliphatic carboxylic acids is 1. The number of pyridine rings is 1. The van der Waals surface area contributed by atoms with Crippen LogP contribution in [0.3, 0.4) is 0 Å². The van der Waals surface area contributed by atoms with Crippen LogP contribution in [0, 0.1) is 0 Å². The first-order valence-electron chi connectivity index (χ1n) is 4.71. The summed E-state index contributed by atoms with van der Waals surface area (Å²) < 4.78 is 77.3. The van der Waals surface area contributed by atoms with Crippen molar-refractivity contribution in [3.63, 3.8) is 0 Å². The van der Waals surface area contributed by atoms with Crippen molar-refractivity contribution in [3.05, 3.63) is 27.7 Å². The summed E-state index contributed by atoms with van der Waals surface area (Å²) in [4.78, 5) is 23.0. The zero-order chi connectivity index (χ0) is 15.7. The van der Waals surface area contributed by atoms with Gasteiger partial charge in [0.05, 0.1) is 6.42 Å². The third kappa shape index (κ3) is 3.90. The van der Waals surface area contributed by atoms with Gasteiger partial charge in [-0.1, -0.05) is 0 Å². The maximum absolute atomic E-state index is 12.6. The standard InChI is InChI=1S/C9H5F6NO4/c10-8(11,12)5-6(20-9(13,14)15)3(1-4(17)18)2-16-7(5)19/h2H,1H2,(H,16,19)(H,17,18). The van der Waals surface area contributed by atoms with E-state index in [1.165, 1.54) is 4.98 Å². The average molecular weight is 305 g/mol. The van der Waals surface area contributed by atoms with Gasteiger partial charge < -0.3 is 14.8 Å². The number of H-pyrrole nitrogens is 1. The fourth-order valence-corrected chi connectivity index (χ4v) is 1.34. The largest absolute Gasteiger partial charge is 0.573 e. The van der Waals surface area contributed by atoms with Crippen molar-refractivity contribution >= 4 is 5.97 Å². The van der Waals surface area contributed by atoms with Crippen molar-refractivity contribution in [1.29, 1.82) is 0 Å². The Balaban J connectivity index is 3.55. The second-order valence-electron chi connectivity index (χ2n) is 3.46. The lowest BCUT2D eigenvalue weighted by atomic mass is 10.1. The van der Waals surface area contributed by atoms with E-state index in [1.54, 1.807) is 0 Å². The second kappa shape index (κ2) is 5.06. The van der Waals surface area contributed by atoms with Gasteiger partial charge in [-0.15, -0.1) is 13.2 Å². The molecule has 20 heavy (non-hydrogen) atoms. The highest BCUT2D eigenvalue weighted by molar-refractivity contribution is 5.71. The zero-order valence-corrected chi connectivity index (χ0v) is 9.22. The Kier molecular flexibility index (Phi) is 4.01. The first kappa shape index (κ1) is 15.9. The van der Waals surface area contributed by atoms with Gasteiger partial charge in [-0.3, -0.25) is 9.59 Å². The van der Waals surface area contributed by atoms with Gasteiger partial charge in [0.1, 0.15) is 0 Å². The van der Waals surface area contributed by atoms with E-state index in [2.05, 4.69) is 4.74 Å². The highest BCUT2D eigenvalue weighted by atomic mass is 19.4. The lowest BCUT2D eigenvalue weighted by Crippen LogP contribution is -2.28. The van der Waals surface area contributed by atoms with E-state index < -0.39 is 47.4 Å². The SMILES string of the molecule is O=C(O)Cc1c[nH]c(=O)c(C(F)(F)F)c1OC(F)(F)F. The minimum Gasteiger partial charge on any atom is -0.481 e. The van der Waals surface area contributed by atoms with Crippen LogP contribution in [0.15, 0.2) is 11.0 Å². The molecule has 1 rings (SSSR count). The van der Waals surface area contributed by atoms with Crippen LogP contribution in [0.5, 0.6) is 5.75 Å². The van der Waals surface area contributed by atoms with Crippen molar-refractivity contribution in [1.82, 2.24) is 4.98 Å². The van der Waals surface area contributed by atoms with Crippen LogP contribution in [0.4, 0.5) is 26.3 Å². The Morgan fingerprint density at radius 2 is 1.80 bits per heavy atom. The summed E-state index contributed by atoms with van der Waals surface area (Å²) >= 11 is 0. The summed E-state index contributed by atoms with van der Waals surface area (Å²) in [6, 6.07) is 0. The molecule has 5 nitrogen and oxygen atoms in total. The second-order valence-corrected chi connectivity index (χ2v) is 3.46. The molecular formula is C9H5F6NO4. The number of carbonyl (C=O) groups is 1. The van der Waals surface area contributed by atoms with Crippen LogP contribution in [0.2, 0.25) is 0 Å². The lowest BCUT2D eigenvalue weighted by molar-refractivity contribution is -0.276. The molecule has 0 saturated carbocycles. The summed E-state index contributed by atoms with van der Waals surface area (Å²) in [5.41, 5.74) is -5.07. The first-order chi connectivity index (χ1) is 8.92. The van der Waals surface area contributed by atoms with Gasteiger partial charge in [-0.05, 0) is 0 Å². The molecule has 0 aliphatic heterocycles. The number of alkyl halides is 6. The predicted molar refractivity (Wildman–Crippen MR) is 50.1 cm³/mol. The minimum absolute atomic E-state index is 0.423. The molecular weight excluding hydrogens is 300 g/mol. The molecule has 0 fully saturated rings. The molecule has 0 bridgehead atoms. The molecule has 0 radical (unpaired) electrons. The summed E-state index contributed by atoms with van der Waals surface area (Å²) in [7, 11) is 0. The van der Waals surface area contributed by atoms with Gasteiger partial charge in [0, 0.05) is 11.8 Å². The third-order valence-corrected chi connectivity index (χ3v) is 1.97. The van der Waals surface area contributed by atoms with Crippen LogP contribution < -0.4 is 10.3 Å². The summed E-state index contributed by atoms with van der Waals surface area (Å²) in [6.07, 6.45) is -11.7. The van der Waals surface area contributed by atoms with E-state index in [0.717, 1.165) is 0 Å². The van der Waals surface area contributed by atoms with Gasteiger partial charge >= 0.3 is 18.5 Å². The molecule has 0 unspecified atom stereocenters. The molecule has 0 spiro atoms. The number of carboxylic acid groups (broad SMARTS) is 1. The van der Waals surface area contributed by atoms with Gasteiger partial charge in [-0.2, -0.15) is 13.2 Å². The molecule has 1 aromatic rings. The quantitative estimate of drug-likeness (QED) is 0.836. The van der Waals surface area contributed by atoms with E-state index in [0.29, 0.717) is 6.20 Å². The highest BCUT2D eigenvalue weighted by Gasteiger charge is 2.43. The molecule has 0 aliphatic carbocycles. The lowest BCUT2D eigenvalue weighted by Gasteiger charge is -2.17. The number of aromatic nitrogens is 1. The van der Waals surface area contributed by atoms with E-state index in [1.807, 2.05) is 0 Å². The fourth-order valence-electron chi connectivity index (χ4n) is 1.34. The Labute approximate surface area is 105 Å². The van der Waals surface area contributed by atoms with Gasteiger partial charge in [-0.25, -0.2) is 0 Å². The zero-order valence-electron chi connectivity index (χ0n) is 9.22. The topological polar surface area (TPSA) is 79.4 Å². The Morgan fingerprint density at radius 1 is 1.25 bits per heavy atom. The number of rotatable bonds is 3. The molecule has 1 aromatic heterocycles. The van der Waals surface area contributed by atoms with Crippen LogP contribution in [-0.4, -0.2) is 22.4 Å². The number of halogens is 6. The number of hydrogen-bond donors (Lipinski definition) is 2. The van der Waals surface area contributed by atoms with Crippen LogP contribution in [0.25, 0.3) is 0 Å². The van der Waals surface area contributed by atoms with E-state index >= 15 is 0 Å². The van der Waals surface area contributed by atoms with Crippen LogP contribution in [-0.2, 0) is 17.4 Å². The van der Waals surface area contributed by atoms with Crippen molar-refractivity contribution in [2.75, 3.05) is 0 Å². The molecule has 1 heterocycles. The summed E-state index contributed by atoms with van der Waals surface area (Å²) in [5.74, 6) is -3.56. The summed E-state index contributed by atoms with van der Waals surface area (Å²) in [5, 5.41) is 8.44. The molecule has 0 aliphatic rings. The number of carboxylic acids is 1. The smallest absolute Gasteiger partial charge is 0.481 e. The highest BCUT2D eigenvalue weighted by Crippen LogP contribution is 2.38. The van der Waals surface area contributed by atoms with Gasteiger partial charge in [0.2, 0.25) is 0 Å². The maximum atomic E-state index is 12.6. The Hall–Kier alpha value is -2.20. The number of aromatic amines is 1. The number of nitrogens with one attached hydrogen (secondary N) is 1. The molecule has 112 valence electrons. The Morgan fingerprint density at radius 3 is 2.20 bits per heavy atom. The molecule has 0 amide bonds. The molecule has 0 aromatic carbocycles. The molecule has 2 N–H and O–H groups in total. The van der Waals surface area contributed by atoms with E-state index in [9.17, 15) is 35.9 Å². The number of hydrogen-bond acceptors (Lipinski definition) is 3. The van der Waals surface area contributed by atoms with Crippen molar-refractivity contribution in [2.24, 2.45) is 0 Å². The van der Waals surface area contributed by atoms with Crippen molar-refractivity contribution < 1.29 is 41.0 Å². The predicted octanol–water partition coefficient (Wildman–Crippen LogP) is 1.92.